The first-order valence-electron chi connectivity index (χ1n) is 7.81. The van der Waals surface area contributed by atoms with Gasteiger partial charge >= 0.3 is 0 Å². The van der Waals surface area contributed by atoms with Crippen LogP contribution in [0.15, 0.2) is 41.3 Å². The summed E-state index contributed by atoms with van der Waals surface area (Å²) in [5, 5.41) is 3.40. The molecule has 0 aliphatic carbocycles. The SMILES string of the molecule is COc1cc2nc(Nc3c(Cl)cc(F)cc3Br)c3cncn3c2cc1OC. The van der Waals surface area contributed by atoms with Crippen molar-refractivity contribution < 1.29 is 13.9 Å². The average molecular weight is 452 g/mol. The zero-order valence-electron chi connectivity index (χ0n) is 14.3. The van der Waals surface area contributed by atoms with Crippen molar-refractivity contribution in [3.05, 3.63) is 52.1 Å². The second-order valence-electron chi connectivity index (χ2n) is 5.67. The molecule has 4 rings (SSSR count). The van der Waals surface area contributed by atoms with E-state index < -0.39 is 5.82 Å². The highest BCUT2D eigenvalue weighted by Gasteiger charge is 2.16. The van der Waals surface area contributed by atoms with E-state index in [-0.39, 0.29) is 5.02 Å². The van der Waals surface area contributed by atoms with E-state index in [4.69, 9.17) is 21.1 Å². The number of hydrogen-bond acceptors (Lipinski definition) is 5. The number of ether oxygens (including phenoxy) is 2. The van der Waals surface area contributed by atoms with Gasteiger partial charge in [0.05, 0.1) is 48.5 Å². The third-order valence-electron chi connectivity index (χ3n) is 4.10. The molecule has 2 aromatic heterocycles. The average Bonchev–Trinajstić information content (AvgIpc) is 3.13. The van der Waals surface area contributed by atoms with E-state index in [1.807, 2.05) is 10.5 Å². The molecule has 0 unspecified atom stereocenters. The fourth-order valence-electron chi connectivity index (χ4n) is 2.85. The number of imidazole rings is 1. The lowest BCUT2D eigenvalue weighted by Gasteiger charge is -2.14. The lowest BCUT2D eigenvalue weighted by atomic mass is 10.2. The lowest BCUT2D eigenvalue weighted by molar-refractivity contribution is 0.355. The molecule has 0 radical (unpaired) electrons. The van der Waals surface area contributed by atoms with Gasteiger partial charge in [0, 0.05) is 16.6 Å². The molecule has 0 aliphatic heterocycles. The van der Waals surface area contributed by atoms with Gasteiger partial charge < -0.3 is 14.8 Å². The van der Waals surface area contributed by atoms with E-state index in [0.717, 1.165) is 11.0 Å². The third-order valence-corrected chi connectivity index (χ3v) is 5.03. The van der Waals surface area contributed by atoms with Gasteiger partial charge in [-0.2, -0.15) is 0 Å². The zero-order chi connectivity index (χ0) is 19.1. The summed E-state index contributed by atoms with van der Waals surface area (Å²) in [5.74, 6) is 1.23. The van der Waals surface area contributed by atoms with Gasteiger partial charge in [0.2, 0.25) is 0 Å². The van der Waals surface area contributed by atoms with E-state index >= 15 is 0 Å². The number of benzene rings is 2. The molecule has 0 spiro atoms. The van der Waals surface area contributed by atoms with Crippen LogP contribution >= 0.6 is 27.5 Å². The Bertz CT molecular complexity index is 1160. The topological polar surface area (TPSA) is 60.7 Å². The van der Waals surface area contributed by atoms with Crippen LogP contribution in [0.3, 0.4) is 0 Å². The van der Waals surface area contributed by atoms with Gasteiger partial charge in [-0.3, -0.25) is 4.40 Å². The Morgan fingerprint density at radius 3 is 2.56 bits per heavy atom. The van der Waals surface area contributed by atoms with Gasteiger partial charge in [-0.15, -0.1) is 0 Å². The van der Waals surface area contributed by atoms with Gasteiger partial charge in [-0.05, 0) is 28.1 Å². The molecule has 2 aromatic carbocycles. The number of nitrogens with zero attached hydrogens (tertiary/aromatic N) is 3. The largest absolute Gasteiger partial charge is 0.493 e. The Morgan fingerprint density at radius 1 is 1.11 bits per heavy atom. The van der Waals surface area contributed by atoms with Gasteiger partial charge in [0.15, 0.2) is 17.3 Å². The Morgan fingerprint density at radius 2 is 1.85 bits per heavy atom. The van der Waals surface area contributed by atoms with Gasteiger partial charge in [-0.1, -0.05) is 11.6 Å². The molecule has 0 aliphatic rings. The standard InChI is InChI=1S/C18H13BrClFN4O2/c1-26-15-5-12-13(6-16(15)27-2)25-8-22-7-14(25)18(23-12)24-17-10(19)3-9(21)4-11(17)20/h3-8H,1-2H3,(H,23,24). The zero-order valence-corrected chi connectivity index (χ0v) is 16.6. The van der Waals surface area contributed by atoms with Crippen LogP contribution in [0.25, 0.3) is 16.6 Å². The molecular weight excluding hydrogens is 439 g/mol. The van der Waals surface area contributed by atoms with Crippen LogP contribution in [0.1, 0.15) is 0 Å². The van der Waals surface area contributed by atoms with Crippen LogP contribution < -0.4 is 14.8 Å². The maximum Gasteiger partial charge on any atom is 0.163 e. The summed E-state index contributed by atoms with van der Waals surface area (Å²) in [5.41, 5.74) is 2.69. The predicted octanol–water partition coefficient (Wildman–Crippen LogP) is 5.20. The summed E-state index contributed by atoms with van der Waals surface area (Å²) >= 11 is 9.52. The first-order chi connectivity index (χ1) is 13.0. The maximum absolute atomic E-state index is 13.5. The van der Waals surface area contributed by atoms with E-state index in [9.17, 15) is 4.39 Å². The summed E-state index contributed by atoms with van der Waals surface area (Å²) in [6.45, 7) is 0. The van der Waals surface area contributed by atoms with E-state index in [0.29, 0.717) is 33.0 Å². The maximum atomic E-state index is 13.5. The molecule has 0 saturated carbocycles. The Balaban J connectivity index is 1.94. The van der Waals surface area contributed by atoms with Crippen molar-refractivity contribution in [1.82, 2.24) is 14.4 Å². The quantitative estimate of drug-likeness (QED) is 0.462. The molecule has 1 N–H and O–H groups in total. The van der Waals surface area contributed by atoms with Crippen molar-refractivity contribution in [3.8, 4) is 11.5 Å². The molecule has 0 bridgehead atoms. The molecule has 0 atom stereocenters. The smallest absolute Gasteiger partial charge is 0.163 e. The molecular formula is C18H13BrClFN4O2. The van der Waals surface area contributed by atoms with Crippen LogP contribution in [0, 0.1) is 5.82 Å². The van der Waals surface area contributed by atoms with Crippen molar-refractivity contribution >= 4 is 55.6 Å². The normalized spacial score (nSPS) is 11.1. The number of aromatic nitrogens is 3. The number of fused-ring (bicyclic) bond motifs is 3. The summed E-state index contributed by atoms with van der Waals surface area (Å²) in [6, 6.07) is 6.18. The summed E-state index contributed by atoms with van der Waals surface area (Å²) in [6.07, 6.45) is 3.36. The monoisotopic (exact) mass is 450 g/mol. The van der Waals surface area contributed by atoms with Crippen molar-refractivity contribution in [1.29, 1.82) is 0 Å². The highest BCUT2D eigenvalue weighted by atomic mass is 79.9. The fourth-order valence-corrected chi connectivity index (χ4v) is 3.75. The molecule has 4 aromatic rings. The third kappa shape index (κ3) is 3.04. The van der Waals surface area contributed by atoms with Gasteiger partial charge in [-0.25, -0.2) is 14.4 Å². The van der Waals surface area contributed by atoms with Gasteiger partial charge in [0.25, 0.3) is 0 Å². The van der Waals surface area contributed by atoms with E-state index in [1.54, 1.807) is 32.8 Å². The van der Waals surface area contributed by atoms with Crippen LogP contribution in [-0.4, -0.2) is 28.6 Å². The molecule has 6 nitrogen and oxygen atoms in total. The van der Waals surface area contributed by atoms with Crippen molar-refractivity contribution in [2.24, 2.45) is 0 Å². The lowest BCUT2D eigenvalue weighted by Crippen LogP contribution is -2.01. The first-order valence-corrected chi connectivity index (χ1v) is 8.98. The molecule has 27 heavy (non-hydrogen) atoms. The molecule has 0 saturated heterocycles. The Hall–Kier alpha value is -2.58. The molecule has 9 heteroatoms. The summed E-state index contributed by atoms with van der Waals surface area (Å²) < 4.78 is 26.6. The van der Waals surface area contributed by atoms with Crippen molar-refractivity contribution in [3.63, 3.8) is 0 Å². The van der Waals surface area contributed by atoms with Crippen LogP contribution in [0.5, 0.6) is 11.5 Å². The van der Waals surface area contributed by atoms with E-state index in [1.165, 1.54) is 12.1 Å². The van der Waals surface area contributed by atoms with E-state index in [2.05, 4.69) is 31.2 Å². The minimum absolute atomic E-state index is 0.230. The number of anilines is 2. The summed E-state index contributed by atoms with van der Waals surface area (Å²) in [4.78, 5) is 8.90. The number of methoxy groups -OCH3 is 2. The minimum atomic E-state index is -0.435. The molecule has 0 fully saturated rings. The number of nitrogens with one attached hydrogen (secondary N) is 1. The molecule has 138 valence electrons. The Kier molecular flexibility index (Phi) is 4.53. The number of hydrogen-bond donors (Lipinski definition) is 1. The second kappa shape index (κ2) is 6.86. The second-order valence-corrected chi connectivity index (χ2v) is 6.94. The number of rotatable bonds is 4. The Labute approximate surface area is 167 Å². The number of halogens is 3. The van der Waals surface area contributed by atoms with Crippen LogP contribution in [-0.2, 0) is 0 Å². The predicted molar refractivity (Wildman–Crippen MR) is 106 cm³/mol. The van der Waals surface area contributed by atoms with Crippen molar-refractivity contribution in [2.45, 2.75) is 0 Å². The van der Waals surface area contributed by atoms with Crippen molar-refractivity contribution in [2.75, 3.05) is 19.5 Å². The van der Waals surface area contributed by atoms with Gasteiger partial charge in [0.1, 0.15) is 11.3 Å². The summed E-state index contributed by atoms with van der Waals surface area (Å²) in [7, 11) is 3.14. The van der Waals surface area contributed by atoms with Crippen LogP contribution in [0.2, 0.25) is 5.02 Å². The van der Waals surface area contributed by atoms with Crippen LogP contribution in [0.4, 0.5) is 15.9 Å². The first kappa shape index (κ1) is 17.8. The molecule has 2 heterocycles. The highest BCUT2D eigenvalue weighted by Crippen LogP contribution is 2.37. The minimum Gasteiger partial charge on any atom is -0.493 e. The highest BCUT2D eigenvalue weighted by molar-refractivity contribution is 9.10. The fraction of sp³-hybridized carbons (Fsp3) is 0.111. The molecule has 0 amide bonds.